The number of fused-ring (bicyclic) bond motifs is 1. The maximum absolute atomic E-state index is 13.2. The molecule has 2 aromatic carbocycles. The number of benzene rings is 2. The molecule has 0 aliphatic rings. The number of aromatic amines is 1. The highest BCUT2D eigenvalue weighted by Crippen LogP contribution is 2.20. The monoisotopic (exact) mass is 407 g/mol. The summed E-state index contributed by atoms with van der Waals surface area (Å²) in [5, 5.41) is 2.92. The Labute approximate surface area is 170 Å². The Kier molecular flexibility index (Phi) is 5.30. The number of furan rings is 1. The second-order valence-corrected chi connectivity index (χ2v) is 6.69. The summed E-state index contributed by atoms with van der Waals surface area (Å²) in [4.78, 5) is 31.0. The SMILES string of the molecule is Cc1oc2nc[nH]c(=O)c2c1C(=O)NCc1ccc(OCc2cccc(F)c2)cc1. The van der Waals surface area contributed by atoms with Gasteiger partial charge in [-0.25, -0.2) is 9.37 Å². The molecule has 0 radical (unpaired) electrons. The van der Waals surface area contributed by atoms with Crippen LogP contribution in [-0.2, 0) is 13.2 Å². The Balaban J connectivity index is 1.39. The molecule has 4 aromatic rings. The lowest BCUT2D eigenvalue weighted by molar-refractivity contribution is 0.0950. The van der Waals surface area contributed by atoms with Crippen LogP contribution in [0.25, 0.3) is 11.1 Å². The Morgan fingerprint density at radius 1 is 1.20 bits per heavy atom. The molecule has 0 saturated heterocycles. The molecular weight excluding hydrogens is 389 g/mol. The standard InChI is InChI=1S/C22H18FN3O4/c1-13-18(19-21(28)25-12-26-22(19)30-13)20(27)24-10-14-5-7-17(8-6-14)29-11-15-3-2-4-16(23)9-15/h2-9,12H,10-11H2,1H3,(H,24,27)(H,25,26,28). The summed E-state index contributed by atoms with van der Waals surface area (Å²) in [6.45, 7) is 2.12. The van der Waals surface area contributed by atoms with Crippen molar-refractivity contribution in [2.24, 2.45) is 0 Å². The minimum Gasteiger partial charge on any atom is -0.489 e. The molecule has 0 aliphatic carbocycles. The van der Waals surface area contributed by atoms with Crippen molar-refractivity contribution in [3.8, 4) is 5.75 Å². The van der Waals surface area contributed by atoms with E-state index in [1.54, 1.807) is 31.2 Å². The number of hydrogen-bond donors (Lipinski definition) is 2. The molecule has 152 valence electrons. The third-order valence-corrected chi connectivity index (χ3v) is 4.57. The van der Waals surface area contributed by atoms with Crippen LogP contribution >= 0.6 is 0 Å². The summed E-state index contributed by atoms with van der Waals surface area (Å²) in [5.41, 5.74) is 1.45. The number of nitrogens with zero attached hydrogens (tertiary/aromatic N) is 1. The van der Waals surface area contributed by atoms with Gasteiger partial charge in [0, 0.05) is 6.54 Å². The zero-order valence-corrected chi connectivity index (χ0v) is 16.1. The summed E-state index contributed by atoms with van der Waals surface area (Å²) in [7, 11) is 0. The maximum Gasteiger partial charge on any atom is 0.262 e. The predicted molar refractivity (Wildman–Crippen MR) is 108 cm³/mol. The summed E-state index contributed by atoms with van der Waals surface area (Å²) in [6.07, 6.45) is 1.23. The quantitative estimate of drug-likeness (QED) is 0.510. The number of carbonyl (C=O) groups is 1. The summed E-state index contributed by atoms with van der Waals surface area (Å²) in [6, 6.07) is 13.4. The molecule has 0 saturated carbocycles. The van der Waals surface area contributed by atoms with Gasteiger partial charge in [0.1, 0.15) is 29.3 Å². The number of rotatable bonds is 6. The average molecular weight is 407 g/mol. The van der Waals surface area contributed by atoms with Crippen molar-refractivity contribution in [3.63, 3.8) is 0 Å². The molecule has 0 atom stereocenters. The molecule has 2 aromatic heterocycles. The molecule has 0 unspecified atom stereocenters. The molecule has 0 spiro atoms. The average Bonchev–Trinajstić information content (AvgIpc) is 3.08. The van der Waals surface area contributed by atoms with Crippen LogP contribution in [0.5, 0.6) is 5.75 Å². The fraction of sp³-hybridized carbons (Fsp3) is 0.136. The van der Waals surface area contributed by atoms with Crippen molar-refractivity contribution < 1.29 is 18.3 Å². The van der Waals surface area contributed by atoms with E-state index in [-0.39, 0.29) is 35.6 Å². The van der Waals surface area contributed by atoms with Crippen molar-refractivity contribution in [1.29, 1.82) is 0 Å². The molecule has 2 N–H and O–H groups in total. The van der Waals surface area contributed by atoms with Gasteiger partial charge < -0.3 is 19.5 Å². The Hall–Kier alpha value is -3.94. The van der Waals surface area contributed by atoms with Crippen LogP contribution in [0.2, 0.25) is 0 Å². The van der Waals surface area contributed by atoms with Crippen molar-refractivity contribution in [1.82, 2.24) is 15.3 Å². The molecule has 0 aliphatic heterocycles. The van der Waals surface area contributed by atoms with Gasteiger partial charge in [0.25, 0.3) is 11.5 Å². The number of H-pyrrole nitrogens is 1. The molecule has 2 heterocycles. The zero-order valence-electron chi connectivity index (χ0n) is 16.1. The van der Waals surface area contributed by atoms with E-state index < -0.39 is 11.5 Å². The van der Waals surface area contributed by atoms with Gasteiger partial charge in [0.05, 0.1) is 11.9 Å². The lowest BCUT2D eigenvalue weighted by atomic mass is 10.1. The first kappa shape index (κ1) is 19.4. The van der Waals surface area contributed by atoms with Crippen molar-refractivity contribution in [2.75, 3.05) is 0 Å². The summed E-state index contributed by atoms with van der Waals surface area (Å²) in [5.74, 6) is 0.230. The first-order valence-corrected chi connectivity index (χ1v) is 9.22. The number of aryl methyl sites for hydroxylation is 1. The Morgan fingerprint density at radius 2 is 2.00 bits per heavy atom. The van der Waals surface area contributed by atoms with E-state index in [4.69, 9.17) is 9.15 Å². The van der Waals surface area contributed by atoms with Gasteiger partial charge in [-0.2, -0.15) is 0 Å². The van der Waals surface area contributed by atoms with Gasteiger partial charge in [-0.1, -0.05) is 24.3 Å². The van der Waals surface area contributed by atoms with Crippen LogP contribution in [0, 0.1) is 12.7 Å². The van der Waals surface area contributed by atoms with Gasteiger partial charge in [0.15, 0.2) is 0 Å². The first-order valence-electron chi connectivity index (χ1n) is 9.22. The number of nitrogens with one attached hydrogen (secondary N) is 2. The molecule has 4 rings (SSSR count). The lowest BCUT2D eigenvalue weighted by Crippen LogP contribution is -2.24. The molecule has 0 fully saturated rings. The topological polar surface area (TPSA) is 97.2 Å². The second-order valence-electron chi connectivity index (χ2n) is 6.69. The number of amides is 1. The van der Waals surface area contributed by atoms with E-state index in [9.17, 15) is 14.0 Å². The van der Waals surface area contributed by atoms with Crippen LogP contribution in [0.15, 0.2) is 64.1 Å². The van der Waals surface area contributed by atoms with Gasteiger partial charge in [-0.15, -0.1) is 0 Å². The highest BCUT2D eigenvalue weighted by molar-refractivity contribution is 6.06. The van der Waals surface area contributed by atoms with Crippen LogP contribution in [-0.4, -0.2) is 15.9 Å². The van der Waals surface area contributed by atoms with E-state index in [1.165, 1.54) is 18.5 Å². The molecule has 1 amide bonds. The fourth-order valence-corrected chi connectivity index (χ4v) is 3.09. The number of aromatic nitrogens is 2. The number of halogens is 1. The third-order valence-electron chi connectivity index (χ3n) is 4.57. The van der Waals surface area contributed by atoms with Crippen molar-refractivity contribution in [2.45, 2.75) is 20.1 Å². The first-order chi connectivity index (χ1) is 14.5. The highest BCUT2D eigenvalue weighted by Gasteiger charge is 2.21. The van der Waals surface area contributed by atoms with E-state index in [0.717, 1.165) is 11.1 Å². The predicted octanol–water partition coefficient (Wildman–Crippen LogP) is 3.47. The lowest BCUT2D eigenvalue weighted by Gasteiger charge is -2.08. The number of hydrogen-bond acceptors (Lipinski definition) is 5. The Morgan fingerprint density at radius 3 is 2.77 bits per heavy atom. The third kappa shape index (κ3) is 4.07. The van der Waals surface area contributed by atoms with E-state index >= 15 is 0 Å². The van der Waals surface area contributed by atoms with E-state index in [1.807, 2.05) is 12.1 Å². The fourth-order valence-electron chi connectivity index (χ4n) is 3.09. The molecule has 0 bridgehead atoms. The molecule has 30 heavy (non-hydrogen) atoms. The Bertz CT molecular complexity index is 1260. The van der Waals surface area contributed by atoms with Gasteiger partial charge >= 0.3 is 0 Å². The van der Waals surface area contributed by atoms with Gasteiger partial charge in [-0.05, 0) is 42.3 Å². The van der Waals surface area contributed by atoms with Gasteiger partial charge in [-0.3, -0.25) is 9.59 Å². The number of carbonyl (C=O) groups excluding carboxylic acids is 1. The van der Waals surface area contributed by atoms with E-state index in [0.29, 0.717) is 11.5 Å². The smallest absolute Gasteiger partial charge is 0.262 e. The van der Waals surface area contributed by atoms with Crippen molar-refractivity contribution >= 4 is 17.0 Å². The summed E-state index contributed by atoms with van der Waals surface area (Å²) < 4.78 is 24.3. The van der Waals surface area contributed by atoms with Crippen LogP contribution in [0.3, 0.4) is 0 Å². The van der Waals surface area contributed by atoms with Crippen LogP contribution < -0.4 is 15.6 Å². The molecule has 7 nitrogen and oxygen atoms in total. The molecular formula is C22H18FN3O4. The van der Waals surface area contributed by atoms with Crippen LogP contribution in [0.1, 0.15) is 27.2 Å². The summed E-state index contributed by atoms with van der Waals surface area (Å²) >= 11 is 0. The normalized spacial score (nSPS) is 10.9. The highest BCUT2D eigenvalue weighted by atomic mass is 19.1. The molecule has 8 heteroatoms. The minimum atomic E-state index is -0.429. The largest absolute Gasteiger partial charge is 0.489 e. The van der Waals surface area contributed by atoms with Crippen molar-refractivity contribution in [3.05, 3.63) is 93.5 Å². The maximum atomic E-state index is 13.2. The van der Waals surface area contributed by atoms with Crippen LogP contribution in [0.4, 0.5) is 4.39 Å². The number of ether oxygens (including phenoxy) is 1. The van der Waals surface area contributed by atoms with Gasteiger partial charge in [0.2, 0.25) is 5.71 Å². The zero-order chi connectivity index (χ0) is 21.1. The van der Waals surface area contributed by atoms with E-state index in [2.05, 4.69) is 15.3 Å². The minimum absolute atomic E-state index is 0.126. The second kappa shape index (κ2) is 8.20.